The average molecular weight is 388 g/mol. The monoisotopic (exact) mass is 386 g/mol. The van der Waals surface area contributed by atoms with Crippen molar-refractivity contribution in [2.45, 2.75) is 36.4 Å². The molecule has 1 aliphatic heterocycles. The maximum Gasteiger partial charge on any atom is 0.332 e. The first-order chi connectivity index (χ1) is 10.7. The zero-order chi connectivity index (χ0) is 17.5. The van der Waals surface area contributed by atoms with E-state index in [0.717, 1.165) is 32.4 Å². The molecule has 0 saturated carbocycles. The van der Waals surface area contributed by atoms with Crippen LogP contribution >= 0.6 is 34.8 Å². The molecule has 23 heavy (non-hydrogen) atoms. The molecule has 0 amide bonds. The molecule has 6 nitrogen and oxygen atoms in total. The van der Waals surface area contributed by atoms with Crippen LogP contribution in [0.2, 0.25) is 0 Å². The van der Waals surface area contributed by atoms with E-state index in [2.05, 4.69) is 0 Å². The second kappa shape index (κ2) is 9.55. The van der Waals surface area contributed by atoms with E-state index in [0.29, 0.717) is 5.70 Å². The smallest absolute Gasteiger partial charge is 0.332 e. The van der Waals surface area contributed by atoms with E-state index in [-0.39, 0.29) is 13.0 Å². The van der Waals surface area contributed by atoms with E-state index in [1.54, 1.807) is 6.92 Å². The Hall–Kier alpha value is -0.720. The van der Waals surface area contributed by atoms with Crippen molar-refractivity contribution in [1.82, 2.24) is 4.90 Å². The van der Waals surface area contributed by atoms with E-state index >= 15 is 0 Å². The number of likely N-dealkylation sites (tertiary alicyclic amines) is 1. The highest BCUT2D eigenvalue weighted by Crippen LogP contribution is 2.39. The molecule has 0 radical (unpaired) electrons. The molecule has 0 aliphatic carbocycles. The van der Waals surface area contributed by atoms with Gasteiger partial charge >= 0.3 is 5.97 Å². The lowest BCUT2D eigenvalue weighted by atomic mass is 10.0. The Bertz CT molecular complexity index is 446. The third-order valence-corrected chi connectivity index (χ3v) is 4.55. The van der Waals surface area contributed by atoms with Crippen molar-refractivity contribution in [3.05, 3.63) is 21.9 Å². The largest absolute Gasteiger partial charge is 0.463 e. The molecule has 1 aliphatic rings. The van der Waals surface area contributed by atoms with Gasteiger partial charge in [-0.05, 0) is 26.2 Å². The lowest BCUT2D eigenvalue weighted by molar-refractivity contribution is -0.488. The van der Waals surface area contributed by atoms with Crippen LogP contribution in [-0.2, 0) is 9.53 Å². The molecule has 1 saturated heterocycles. The minimum absolute atomic E-state index is 0.135. The lowest BCUT2D eigenvalue weighted by Crippen LogP contribution is -2.34. The normalized spacial score (nSPS) is 17.7. The van der Waals surface area contributed by atoms with Gasteiger partial charge in [-0.15, -0.1) is 0 Å². The molecule has 0 unspecified atom stereocenters. The highest BCUT2D eigenvalue weighted by molar-refractivity contribution is 6.67. The summed E-state index contributed by atoms with van der Waals surface area (Å²) < 4.78 is 3.16. The van der Waals surface area contributed by atoms with Crippen LogP contribution in [0, 0.1) is 16.0 Å². The fraction of sp³-hybridized carbons (Fsp3) is 0.786. The molecule has 0 aromatic heterocycles. The van der Waals surface area contributed by atoms with Gasteiger partial charge in [0, 0.05) is 36.2 Å². The molecule has 1 rings (SSSR count). The zero-order valence-corrected chi connectivity index (χ0v) is 15.2. The van der Waals surface area contributed by atoms with Gasteiger partial charge < -0.3 is 9.64 Å². The summed E-state index contributed by atoms with van der Waals surface area (Å²) in [5, 5.41) is 10.8. The van der Waals surface area contributed by atoms with Crippen LogP contribution in [0.5, 0.6) is 0 Å². The number of nitrogens with zero attached hydrogens (tertiary/aromatic N) is 2. The van der Waals surface area contributed by atoms with E-state index in [4.69, 9.17) is 39.5 Å². The van der Waals surface area contributed by atoms with Crippen LogP contribution in [-0.4, -0.2) is 45.8 Å². The molecule has 0 N–H and O–H groups in total. The van der Waals surface area contributed by atoms with E-state index in [1.807, 2.05) is 4.90 Å². The van der Waals surface area contributed by atoms with Crippen LogP contribution < -0.4 is 0 Å². The number of esters is 1. The number of carbonyl (C=O) groups excluding carboxylic acids is 1. The summed E-state index contributed by atoms with van der Waals surface area (Å²) in [6.07, 6.45) is 4.60. The van der Waals surface area contributed by atoms with Crippen LogP contribution in [0.3, 0.4) is 0 Å². The maximum absolute atomic E-state index is 11.8. The Balaban J connectivity index is 2.96. The number of halogens is 3. The minimum Gasteiger partial charge on any atom is -0.463 e. The average Bonchev–Trinajstić information content (AvgIpc) is 2.45. The predicted octanol–water partition coefficient (Wildman–Crippen LogP) is 3.57. The topological polar surface area (TPSA) is 72.7 Å². The second-order valence-corrected chi connectivity index (χ2v) is 7.76. The number of allylic oxidation sites excluding steroid dienone is 1. The van der Waals surface area contributed by atoms with Gasteiger partial charge in [-0.2, -0.15) is 0 Å². The summed E-state index contributed by atoms with van der Waals surface area (Å²) in [5.74, 6) is -1.32. The fourth-order valence-corrected chi connectivity index (χ4v) is 2.94. The number of hydrogen-bond donors (Lipinski definition) is 0. The molecule has 1 fully saturated rings. The van der Waals surface area contributed by atoms with E-state index in [9.17, 15) is 14.9 Å². The third kappa shape index (κ3) is 7.59. The number of hydrogen-bond acceptors (Lipinski definition) is 5. The number of nitro groups is 1. The Kier molecular flexibility index (Phi) is 8.44. The van der Waals surface area contributed by atoms with Gasteiger partial charge in [0.1, 0.15) is 0 Å². The van der Waals surface area contributed by atoms with E-state index < -0.39 is 27.1 Å². The number of alkyl halides is 3. The Morgan fingerprint density at radius 2 is 1.96 bits per heavy atom. The van der Waals surface area contributed by atoms with Gasteiger partial charge in [0.2, 0.25) is 6.54 Å². The standard InChI is InChI=1S/C14H21Cl3N2O4/c1-2-23-13(20)9-12(18-6-4-3-5-7-18)8-11(10-19(21)22)14(15,16)17/h9,11H,2-8,10H2,1H3/b12-9+/t11-/m0/s1. The fourth-order valence-electron chi connectivity index (χ4n) is 2.50. The molecule has 9 heteroatoms. The van der Waals surface area contributed by atoms with Crippen molar-refractivity contribution < 1.29 is 14.5 Å². The van der Waals surface area contributed by atoms with Gasteiger partial charge in [0.25, 0.3) is 0 Å². The van der Waals surface area contributed by atoms with Crippen LogP contribution in [0.1, 0.15) is 32.6 Å². The van der Waals surface area contributed by atoms with Crippen molar-refractivity contribution in [3.8, 4) is 0 Å². The molecule has 1 heterocycles. The summed E-state index contributed by atoms with van der Waals surface area (Å²) in [6, 6.07) is 0. The first-order valence-corrected chi connectivity index (χ1v) is 8.68. The summed E-state index contributed by atoms with van der Waals surface area (Å²) in [4.78, 5) is 24.1. The van der Waals surface area contributed by atoms with Crippen molar-refractivity contribution in [3.63, 3.8) is 0 Å². The molecule has 132 valence electrons. The first kappa shape index (κ1) is 20.3. The van der Waals surface area contributed by atoms with Crippen molar-refractivity contribution in [1.29, 1.82) is 0 Å². The summed E-state index contributed by atoms with van der Waals surface area (Å²) in [5.41, 5.74) is 0.626. The van der Waals surface area contributed by atoms with Gasteiger partial charge in [0.05, 0.1) is 12.5 Å². The third-order valence-electron chi connectivity index (χ3n) is 3.62. The van der Waals surface area contributed by atoms with Crippen molar-refractivity contribution in [2.75, 3.05) is 26.2 Å². The molecule has 0 spiro atoms. The summed E-state index contributed by atoms with van der Waals surface area (Å²) in [6.45, 7) is 3.03. The van der Waals surface area contributed by atoms with E-state index in [1.165, 1.54) is 6.08 Å². The van der Waals surface area contributed by atoms with Gasteiger partial charge in [-0.3, -0.25) is 10.1 Å². The van der Waals surface area contributed by atoms with Gasteiger partial charge in [-0.25, -0.2) is 4.79 Å². The predicted molar refractivity (Wildman–Crippen MR) is 90.4 cm³/mol. The molecular weight excluding hydrogens is 367 g/mol. The van der Waals surface area contributed by atoms with Crippen molar-refractivity contribution in [2.24, 2.45) is 5.92 Å². The molecule has 1 atom stereocenters. The maximum atomic E-state index is 11.8. The van der Waals surface area contributed by atoms with Crippen LogP contribution in [0.4, 0.5) is 0 Å². The molecule has 0 aromatic rings. The Morgan fingerprint density at radius 1 is 1.35 bits per heavy atom. The number of rotatable bonds is 7. The SMILES string of the molecule is CCOC(=O)/C=C(\C[C@@H](C[N+](=O)[O-])C(Cl)(Cl)Cl)N1CCCCC1. The number of ether oxygens (including phenoxy) is 1. The quantitative estimate of drug-likeness (QED) is 0.219. The highest BCUT2D eigenvalue weighted by Gasteiger charge is 2.38. The van der Waals surface area contributed by atoms with Gasteiger partial charge in [-0.1, -0.05) is 34.8 Å². The summed E-state index contributed by atoms with van der Waals surface area (Å²) in [7, 11) is 0. The molecule has 0 aromatic carbocycles. The lowest BCUT2D eigenvalue weighted by Gasteiger charge is -2.33. The highest BCUT2D eigenvalue weighted by atomic mass is 35.6. The Labute approximate surface area is 150 Å². The number of piperidine rings is 1. The van der Waals surface area contributed by atoms with Crippen molar-refractivity contribution >= 4 is 40.8 Å². The van der Waals surface area contributed by atoms with Gasteiger partial charge in [0.15, 0.2) is 3.79 Å². The Morgan fingerprint density at radius 3 is 2.43 bits per heavy atom. The summed E-state index contributed by atoms with van der Waals surface area (Å²) >= 11 is 17.7. The first-order valence-electron chi connectivity index (χ1n) is 7.54. The molecular formula is C14H21Cl3N2O4. The van der Waals surface area contributed by atoms with Crippen LogP contribution in [0.25, 0.3) is 0 Å². The minimum atomic E-state index is -1.78. The second-order valence-electron chi connectivity index (χ2n) is 5.39. The number of carbonyl (C=O) groups is 1. The molecule has 0 bridgehead atoms. The zero-order valence-electron chi connectivity index (χ0n) is 13.0. The van der Waals surface area contributed by atoms with Crippen LogP contribution in [0.15, 0.2) is 11.8 Å².